The molecule has 1 aliphatic rings. The molecule has 0 aromatic heterocycles. The van der Waals surface area contributed by atoms with Crippen molar-refractivity contribution in [3.8, 4) is 0 Å². The molecule has 1 nitrogen and oxygen atoms in total. The molecule has 2 heteroatoms. The quantitative estimate of drug-likeness (QED) is 0.835. The predicted octanol–water partition coefficient (Wildman–Crippen LogP) is 4.92. The minimum atomic E-state index is 0.420. The summed E-state index contributed by atoms with van der Waals surface area (Å²) in [6, 6.07) is 9.61. The lowest BCUT2D eigenvalue weighted by atomic mass is 9.80. The molecule has 1 N–H and O–H groups in total. The van der Waals surface area contributed by atoms with Gasteiger partial charge in [-0.05, 0) is 49.7 Å². The molecule has 3 unspecified atom stereocenters. The van der Waals surface area contributed by atoms with Gasteiger partial charge in [0.1, 0.15) is 0 Å². The Hall–Kier alpha value is -0.340. The third kappa shape index (κ3) is 3.58. The lowest BCUT2D eigenvalue weighted by Crippen LogP contribution is -2.37. The van der Waals surface area contributed by atoms with E-state index in [1.165, 1.54) is 29.3 Å². The number of rotatable bonds is 3. The van der Waals surface area contributed by atoms with E-state index in [1.54, 1.807) is 0 Å². The molecule has 0 spiro atoms. The zero-order chi connectivity index (χ0) is 13.1. The summed E-state index contributed by atoms with van der Waals surface area (Å²) in [4.78, 5) is 0. The van der Waals surface area contributed by atoms with Gasteiger partial charge < -0.3 is 5.32 Å². The first-order chi connectivity index (χ1) is 8.56. The Bertz CT molecular complexity index is 380. The average molecular weight is 310 g/mol. The first kappa shape index (κ1) is 14.1. The smallest absolute Gasteiger partial charge is 0.0305 e. The van der Waals surface area contributed by atoms with Gasteiger partial charge in [-0.3, -0.25) is 0 Å². The fraction of sp³-hybridized carbons (Fsp3) is 0.625. The van der Waals surface area contributed by atoms with Crippen LogP contribution in [0.15, 0.2) is 28.7 Å². The number of benzene rings is 1. The van der Waals surface area contributed by atoms with Crippen LogP contribution in [0.3, 0.4) is 0 Å². The fourth-order valence-electron chi connectivity index (χ4n) is 3.35. The van der Waals surface area contributed by atoms with Crippen LogP contribution >= 0.6 is 15.9 Å². The molecule has 0 heterocycles. The highest BCUT2D eigenvalue weighted by Gasteiger charge is 2.25. The molecule has 1 fully saturated rings. The number of nitrogens with one attached hydrogen (secondary N) is 1. The Morgan fingerprint density at radius 1 is 1.11 bits per heavy atom. The van der Waals surface area contributed by atoms with Gasteiger partial charge in [0.15, 0.2) is 0 Å². The normalized spacial score (nSPS) is 30.1. The van der Waals surface area contributed by atoms with Crippen molar-refractivity contribution in [3.63, 3.8) is 0 Å². The number of hydrogen-bond acceptors (Lipinski definition) is 1. The fourth-order valence-corrected chi connectivity index (χ4v) is 3.98. The van der Waals surface area contributed by atoms with Gasteiger partial charge in [-0.2, -0.15) is 0 Å². The van der Waals surface area contributed by atoms with Gasteiger partial charge in [0, 0.05) is 16.6 Å². The maximum Gasteiger partial charge on any atom is 0.0305 e. The molecule has 1 aliphatic carbocycles. The van der Waals surface area contributed by atoms with E-state index in [4.69, 9.17) is 0 Å². The molecule has 3 atom stereocenters. The van der Waals surface area contributed by atoms with Crippen molar-refractivity contribution in [1.29, 1.82) is 0 Å². The lowest BCUT2D eigenvalue weighted by molar-refractivity contribution is 0.228. The van der Waals surface area contributed by atoms with E-state index < -0.39 is 0 Å². The lowest BCUT2D eigenvalue weighted by Gasteiger charge is -2.34. The monoisotopic (exact) mass is 309 g/mol. The van der Waals surface area contributed by atoms with Crippen molar-refractivity contribution in [3.05, 3.63) is 34.3 Å². The van der Waals surface area contributed by atoms with E-state index in [1.807, 2.05) is 0 Å². The second kappa shape index (κ2) is 6.21. The van der Waals surface area contributed by atoms with E-state index in [-0.39, 0.29) is 0 Å². The molecule has 100 valence electrons. The van der Waals surface area contributed by atoms with Gasteiger partial charge in [-0.25, -0.2) is 0 Å². The first-order valence-corrected chi connectivity index (χ1v) is 7.86. The highest BCUT2D eigenvalue weighted by molar-refractivity contribution is 9.10. The van der Waals surface area contributed by atoms with Crippen molar-refractivity contribution in [2.45, 2.75) is 52.1 Å². The van der Waals surface area contributed by atoms with E-state index in [0.717, 1.165) is 11.8 Å². The van der Waals surface area contributed by atoms with Gasteiger partial charge >= 0.3 is 0 Å². The Morgan fingerprint density at radius 3 is 2.33 bits per heavy atom. The molecule has 0 saturated heterocycles. The zero-order valence-corrected chi connectivity index (χ0v) is 13.2. The SMILES string of the molecule is CC1CC(C)CC(NC(C)c2ccccc2Br)C1. The van der Waals surface area contributed by atoms with Gasteiger partial charge in [-0.1, -0.05) is 48.0 Å². The Labute approximate surface area is 119 Å². The minimum absolute atomic E-state index is 0.420. The topological polar surface area (TPSA) is 12.0 Å². The second-order valence-electron chi connectivity index (χ2n) is 6.02. The van der Waals surface area contributed by atoms with Crippen LogP contribution in [0, 0.1) is 11.8 Å². The predicted molar refractivity (Wildman–Crippen MR) is 81.7 cm³/mol. The van der Waals surface area contributed by atoms with Crippen LogP contribution in [-0.4, -0.2) is 6.04 Å². The van der Waals surface area contributed by atoms with Crippen LogP contribution in [0.4, 0.5) is 0 Å². The van der Waals surface area contributed by atoms with Crippen molar-refractivity contribution >= 4 is 15.9 Å². The standard InChI is InChI=1S/C16H24BrN/c1-11-8-12(2)10-14(9-11)18-13(3)15-6-4-5-7-16(15)17/h4-7,11-14,18H,8-10H2,1-3H3. The Morgan fingerprint density at radius 2 is 1.72 bits per heavy atom. The van der Waals surface area contributed by atoms with Crippen LogP contribution < -0.4 is 5.32 Å². The average Bonchev–Trinajstić information content (AvgIpc) is 2.27. The molecule has 0 amide bonds. The third-order valence-corrected chi connectivity index (χ3v) is 4.76. The molecule has 18 heavy (non-hydrogen) atoms. The second-order valence-corrected chi connectivity index (χ2v) is 6.88. The van der Waals surface area contributed by atoms with Gasteiger partial charge in [-0.15, -0.1) is 0 Å². The van der Waals surface area contributed by atoms with Crippen LogP contribution in [0.25, 0.3) is 0 Å². The van der Waals surface area contributed by atoms with E-state index in [9.17, 15) is 0 Å². The summed E-state index contributed by atoms with van der Waals surface area (Å²) in [5, 5.41) is 3.81. The molecule has 1 aromatic rings. The highest BCUT2D eigenvalue weighted by Crippen LogP contribution is 2.31. The van der Waals surface area contributed by atoms with E-state index >= 15 is 0 Å². The summed E-state index contributed by atoms with van der Waals surface area (Å²) in [5.74, 6) is 1.72. The molecular weight excluding hydrogens is 286 g/mol. The summed E-state index contributed by atoms with van der Waals surface area (Å²) in [7, 11) is 0. The Balaban J connectivity index is 1.99. The minimum Gasteiger partial charge on any atom is -0.307 e. The number of halogens is 1. The summed E-state index contributed by atoms with van der Waals surface area (Å²) in [6.45, 7) is 7.03. The highest BCUT2D eigenvalue weighted by atomic mass is 79.9. The van der Waals surface area contributed by atoms with Crippen molar-refractivity contribution < 1.29 is 0 Å². The van der Waals surface area contributed by atoms with Crippen LogP contribution in [-0.2, 0) is 0 Å². The van der Waals surface area contributed by atoms with Gasteiger partial charge in [0.2, 0.25) is 0 Å². The first-order valence-electron chi connectivity index (χ1n) is 7.06. The van der Waals surface area contributed by atoms with Crippen molar-refractivity contribution in [2.24, 2.45) is 11.8 Å². The molecule has 0 aliphatic heterocycles. The molecule has 0 bridgehead atoms. The van der Waals surface area contributed by atoms with Crippen LogP contribution in [0.5, 0.6) is 0 Å². The van der Waals surface area contributed by atoms with Gasteiger partial charge in [0.25, 0.3) is 0 Å². The van der Waals surface area contributed by atoms with Crippen molar-refractivity contribution in [1.82, 2.24) is 5.32 Å². The third-order valence-electron chi connectivity index (χ3n) is 4.04. The summed E-state index contributed by atoms with van der Waals surface area (Å²) in [6.07, 6.45) is 4.03. The molecule has 0 radical (unpaired) electrons. The van der Waals surface area contributed by atoms with Crippen LogP contribution in [0.1, 0.15) is 51.6 Å². The Kier molecular flexibility index (Phi) is 4.85. The number of hydrogen-bond donors (Lipinski definition) is 1. The summed E-state index contributed by atoms with van der Waals surface area (Å²) in [5.41, 5.74) is 1.36. The largest absolute Gasteiger partial charge is 0.307 e. The molecule has 1 saturated carbocycles. The van der Waals surface area contributed by atoms with E-state index in [0.29, 0.717) is 12.1 Å². The maximum atomic E-state index is 3.81. The van der Waals surface area contributed by atoms with E-state index in [2.05, 4.69) is 66.3 Å². The zero-order valence-electron chi connectivity index (χ0n) is 11.6. The maximum absolute atomic E-state index is 3.81. The van der Waals surface area contributed by atoms with Crippen LogP contribution in [0.2, 0.25) is 0 Å². The molecule has 2 rings (SSSR count). The molecule has 1 aromatic carbocycles. The van der Waals surface area contributed by atoms with Crippen molar-refractivity contribution in [2.75, 3.05) is 0 Å². The summed E-state index contributed by atoms with van der Waals surface area (Å²) < 4.78 is 1.21. The summed E-state index contributed by atoms with van der Waals surface area (Å²) >= 11 is 3.65. The molecular formula is C16H24BrN. The van der Waals surface area contributed by atoms with Gasteiger partial charge in [0.05, 0.1) is 0 Å².